The SMILES string of the molecule is CC(C)(C)c1ccc(-c2c(-c3ccc(Cl)cc3)c(-c3ccc(Br)cc3)c(-c3ccc(C(C)(C)C)cc3)c(-c3ccc(C(C)(C)C)cc3)c2-c2ccc(C(C)(C)C)cc2)cc1. The molecule has 0 saturated carbocycles. The lowest BCUT2D eigenvalue weighted by Gasteiger charge is -2.30. The summed E-state index contributed by atoms with van der Waals surface area (Å²) in [6.45, 7) is 27.5. The van der Waals surface area contributed by atoms with Crippen LogP contribution in [-0.4, -0.2) is 0 Å². The summed E-state index contributed by atoms with van der Waals surface area (Å²) in [5, 5.41) is 0.714. The van der Waals surface area contributed by atoms with Crippen LogP contribution in [0.2, 0.25) is 5.02 Å². The van der Waals surface area contributed by atoms with Gasteiger partial charge in [-0.15, -0.1) is 0 Å². The van der Waals surface area contributed by atoms with E-state index in [1.54, 1.807) is 0 Å². The van der Waals surface area contributed by atoms with Crippen LogP contribution >= 0.6 is 27.5 Å². The van der Waals surface area contributed by atoms with Gasteiger partial charge in [0, 0.05) is 9.50 Å². The Labute approximate surface area is 374 Å². The smallest absolute Gasteiger partial charge is 0.0406 e. The third kappa shape index (κ3) is 9.00. The minimum atomic E-state index is 0.00871. The quantitative estimate of drug-likeness (QED) is 0.156. The van der Waals surface area contributed by atoms with Crippen molar-refractivity contribution in [1.29, 1.82) is 0 Å². The van der Waals surface area contributed by atoms with Crippen molar-refractivity contribution in [3.8, 4) is 66.8 Å². The summed E-state index contributed by atoms with van der Waals surface area (Å²) >= 11 is 10.5. The minimum absolute atomic E-state index is 0.00871. The molecule has 0 nitrogen and oxygen atoms in total. The summed E-state index contributed by atoms with van der Waals surface area (Å²) < 4.78 is 1.04. The Morgan fingerprint density at radius 1 is 0.267 bits per heavy atom. The fourth-order valence-electron chi connectivity index (χ4n) is 8.26. The summed E-state index contributed by atoms with van der Waals surface area (Å²) in [6.07, 6.45) is 0. The van der Waals surface area contributed by atoms with E-state index in [2.05, 4.69) is 232 Å². The molecule has 0 aliphatic rings. The van der Waals surface area contributed by atoms with E-state index in [0.717, 1.165) is 15.6 Å². The first kappa shape index (κ1) is 43.4. The zero-order valence-electron chi connectivity index (χ0n) is 37.6. The lowest BCUT2D eigenvalue weighted by molar-refractivity contribution is 0.590. The third-order valence-corrected chi connectivity index (χ3v) is 12.7. The molecule has 0 aliphatic carbocycles. The Kier molecular flexibility index (Phi) is 11.8. The maximum absolute atomic E-state index is 6.69. The molecule has 0 amide bonds. The van der Waals surface area contributed by atoms with Gasteiger partial charge in [-0.05, 0) is 135 Å². The molecule has 0 aliphatic heterocycles. The highest BCUT2D eigenvalue weighted by Crippen LogP contribution is 2.56. The van der Waals surface area contributed by atoms with E-state index >= 15 is 0 Å². The molecule has 7 aromatic rings. The standard InChI is InChI=1S/C58H60BrCl/c1-55(2,3)43-25-13-37(14-26-43)49-50(38-15-27-44(28-16-38)56(4,5)6)52(40-19-31-46(32-20-40)58(10,11)12)54(42-23-35-48(60)36-24-42)53(41-21-33-47(59)34-22-41)51(49)39-17-29-45(30-18-39)57(7,8)9/h13-36H,1-12H3. The summed E-state index contributed by atoms with van der Waals surface area (Å²) in [5.74, 6) is 0. The van der Waals surface area contributed by atoms with E-state index in [0.29, 0.717) is 5.02 Å². The molecular weight excluding hydrogens is 812 g/mol. The van der Waals surface area contributed by atoms with Crippen LogP contribution in [-0.2, 0) is 21.7 Å². The van der Waals surface area contributed by atoms with Gasteiger partial charge >= 0.3 is 0 Å². The van der Waals surface area contributed by atoms with Gasteiger partial charge < -0.3 is 0 Å². The van der Waals surface area contributed by atoms with Crippen molar-refractivity contribution in [3.63, 3.8) is 0 Å². The van der Waals surface area contributed by atoms with Crippen molar-refractivity contribution in [2.24, 2.45) is 0 Å². The largest absolute Gasteiger partial charge is 0.0843 e. The van der Waals surface area contributed by atoms with Crippen LogP contribution in [0.1, 0.15) is 105 Å². The molecule has 0 unspecified atom stereocenters. The van der Waals surface area contributed by atoms with Crippen LogP contribution < -0.4 is 0 Å². The van der Waals surface area contributed by atoms with Crippen molar-refractivity contribution < 1.29 is 0 Å². The first-order valence-electron chi connectivity index (χ1n) is 21.3. The molecule has 0 N–H and O–H groups in total. The zero-order chi connectivity index (χ0) is 43.4. The molecule has 0 bridgehead atoms. The molecular formula is C58H60BrCl. The number of hydrogen-bond donors (Lipinski definition) is 0. The molecule has 0 radical (unpaired) electrons. The maximum atomic E-state index is 6.69. The molecule has 306 valence electrons. The van der Waals surface area contributed by atoms with E-state index in [1.165, 1.54) is 77.9 Å². The van der Waals surface area contributed by atoms with E-state index in [1.807, 2.05) is 12.1 Å². The average Bonchev–Trinajstić information content (AvgIpc) is 3.19. The van der Waals surface area contributed by atoms with E-state index < -0.39 is 0 Å². The number of halogens is 2. The van der Waals surface area contributed by atoms with Gasteiger partial charge in [0.1, 0.15) is 0 Å². The van der Waals surface area contributed by atoms with Crippen molar-refractivity contribution in [2.45, 2.75) is 105 Å². The van der Waals surface area contributed by atoms with Crippen LogP contribution in [0.4, 0.5) is 0 Å². The van der Waals surface area contributed by atoms with Gasteiger partial charge in [-0.2, -0.15) is 0 Å². The maximum Gasteiger partial charge on any atom is 0.0406 e. The highest BCUT2D eigenvalue weighted by Gasteiger charge is 2.30. The highest BCUT2D eigenvalue weighted by molar-refractivity contribution is 9.10. The average molecular weight is 872 g/mol. The van der Waals surface area contributed by atoms with Gasteiger partial charge in [0.05, 0.1) is 0 Å². The summed E-state index contributed by atoms with van der Waals surface area (Å²) in [6, 6.07) is 54.8. The summed E-state index contributed by atoms with van der Waals surface area (Å²) in [5.41, 5.74) is 19.4. The Balaban J connectivity index is 1.78. The van der Waals surface area contributed by atoms with Crippen molar-refractivity contribution in [2.75, 3.05) is 0 Å². The Hall–Kier alpha value is -4.69. The summed E-state index contributed by atoms with van der Waals surface area (Å²) in [7, 11) is 0. The predicted octanol–water partition coefficient (Wildman–Crippen LogP) is 18.3. The topological polar surface area (TPSA) is 0 Å². The lowest BCUT2D eigenvalue weighted by Crippen LogP contribution is -2.11. The summed E-state index contributed by atoms with van der Waals surface area (Å²) in [4.78, 5) is 0. The van der Waals surface area contributed by atoms with E-state index in [4.69, 9.17) is 11.6 Å². The lowest BCUT2D eigenvalue weighted by atomic mass is 9.73. The Bertz CT molecular complexity index is 2410. The molecule has 0 saturated heterocycles. The molecule has 7 aromatic carbocycles. The van der Waals surface area contributed by atoms with Crippen LogP contribution in [0.15, 0.2) is 150 Å². The van der Waals surface area contributed by atoms with Crippen LogP contribution in [0.5, 0.6) is 0 Å². The fourth-order valence-corrected chi connectivity index (χ4v) is 8.65. The second-order valence-corrected chi connectivity index (χ2v) is 21.9. The van der Waals surface area contributed by atoms with E-state index in [9.17, 15) is 0 Å². The van der Waals surface area contributed by atoms with Gasteiger partial charge in [0.25, 0.3) is 0 Å². The van der Waals surface area contributed by atoms with Crippen molar-refractivity contribution in [3.05, 3.63) is 177 Å². The molecule has 2 heteroatoms. The van der Waals surface area contributed by atoms with E-state index in [-0.39, 0.29) is 21.7 Å². The Morgan fingerprint density at radius 3 is 0.617 bits per heavy atom. The van der Waals surface area contributed by atoms with Crippen LogP contribution in [0, 0.1) is 0 Å². The molecule has 0 aromatic heterocycles. The van der Waals surface area contributed by atoms with Gasteiger partial charge in [-0.25, -0.2) is 0 Å². The molecule has 0 atom stereocenters. The monoisotopic (exact) mass is 870 g/mol. The van der Waals surface area contributed by atoms with Crippen LogP contribution in [0.25, 0.3) is 66.8 Å². The zero-order valence-corrected chi connectivity index (χ0v) is 40.0. The van der Waals surface area contributed by atoms with Gasteiger partial charge in [-0.3, -0.25) is 0 Å². The normalized spacial score (nSPS) is 12.5. The molecule has 0 heterocycles. The number of hydrogen-bond acceptors (Lipinski definition) is 0. The van der Waals surface area contributed by atoms with Gasteiger partial charge in [0.2, 0.25) is 0 Å². The first-order chi connectivity index (χ1) is 28.1. The second-order valence-electron chi connectivity index (χ2n) is 20.6. The highest BCUT2D eigenvalue weighted by atomic mass is 79.9. The number of benzene rings is 7. The fraction of sp³-hybridized carbons (Fsp3) is 0.276. The third-order valence-electron chi connectivity index (χ3n) is 11.9. The molecule has 0 spiro atoms. The molecule has 7 rings (SSSR count). The van der Waals surface area contributed by atoms with Crippen molar-refractivity contribution >= 4 is 27.5 Å². The molecule has 0 fully saturated rings. The molecule has 60 heavy (non-hydrogen) atoms. The first-order valence-corrected chi connectivity index (χ1v) is 22.5. The predicted molar refractivity (Wildman–Crippen MR) is 267 cm³/mol. The number of rotatable bonds is 6. The van der Waals surface area contributed by atoms with Crippen molar-refractivity contribution in [1.82, 2.24) is 0 Å². The van der Waals surface area contributed by atoms with Gasteiger partial charge in [0.15, 0.2) is 0 Å². The Morgan fingerprint density at radius 2 is 0.433 bits per heavy atom. The van der Waals surface area contributed by atoms with Gasteiger partial charge in [-0.1, -0.05) is 232 Å². The minimum Gasteiger partial charge on any atom is -0.0843 e. The van der Waals surface area contributed by atoms with Crippen LogP contribution in [0.3, 0.4) is 0 Å². The second kappa shape index (κ2) is 16.3.